The smallest absolute Gasteiger partial charge is 0.0112 e. The molecule has 0 aliphatic heterocycles. The van der Waals surface area contributed by atoms with Gasteiger partial charge in [0.15, 0.2) is 0 Å². The van der Waals surface area contributed by atoms with Gasteiger partial charge in [0.2, 0.25) is 0 Å². The largest absolute Gasteiger partial charge is 0.315 e. The molecule has 2 heteroatoms. The number of hydrogen-bond acceptors (Lipinski definition) is 2. The molecule has 2 aliphatic carbocycles. The van der Waals surface area contributed by atoms with Crippen LogP contribution in [0.5, 0.6) is 0 Å². The van der Waals surface area contributed by atoms with Crippen LogP contribution in [0.2, 0.25) is 0 Å². The van der Waals surface area contributed by atoms with Crippen molar-refractivity contribution in [2.24, 2.45) is 17.8 Å². The number of nitrogens with one attached hydrogen (secondary N) is 1. The number of hydrogen-bond donors (Lipinski definition) is 1. The minimum absolute atomic E-state index is 0.661. The SMILES string of the molecule is CC(C)N(CCNCC1CC2CCC1C2)C(C)C. The van der Waals surface area contributed by atoms with Gasteiger partial charge in [0, 0.05) is 25.2 Å². The standard InChI is InChI=1S/C16H32N2/c1-12(2)18(13(3)4)8-7-17-11-16-10-14-5-6-15(16)9-14/h12-17H,5-11H2,1-4H3. The lowest BCUT2D eigenvalue weighted by Crippen LogP contribution is -2.42. The van der Waals surface area contributed by atoms with Crippen molar-refractivity contribution in [3.63, 3.8) is 0 Å². The van der Waals surface area contributed by atoms with Crippen molar-refractivity contribution in [3.05, 3.63) is 0 Å². The topological polar surface area (TPSA) is 15.3 Å². The maximum absolute atomic E-state index is 3.71. The Morgan fingerprint density at radius 2 is 1.78 bits per heavy atom. The van der Waals surface area contributed by atoms with E-state index in [0.717, 1.165) is 24.3 Å². The molecule has 0 amide bonds. The monoisotopic (exact) mass is 252 g/mol. The molecule has 3 atom stereocenters. The summed E-state index contributed by atoms with van der Waals surface area (Å²) in [6.45, 7) is 12.8. The summed E-state index contributed by atoms with van der Waals surface area (Å²) in [6, 6.07) is 1.32. The van der Waals surface area contributed by atoms with Crippen molar-refractivity contribution in [1.82, 2.24) is 10.2 Å². The lowest BCUT2D eigenvalue weighted by Gasteiger charge is -2.31. The van der Waals surface area contributed by atoms with Crippen LogP contribution in [0.25, 0.3) is 0 Å². The van der Waals surface area contributed by atoms with Crippen molar-refractivity contribution in [1.29, 1.82) is 0 Å². The second kappa shape index (κ2) is 6.38. The highest BCUT2D eigenvalue weighted by atomic mass is 15.2. The summed E-state index contributed by atoms with van der Waals surface area (Å²) in [4.78, 5) is 2.58. The summed E-state index contributed by atoms with van der Waals surface area (Å²) in [5.41, 5.74) is 0. The van der Waals surface area contributed by atoms with Crippen molar-refractivity contribution in [2.45, 2.75) is 65.5 Å². The van der Waals surface area contributed by atoms with E-state index >= 15 is 0 Å². The third kappa shape index (κ3) is 3.48. The van der Waals surface area contributed by atoms with Crippen LogP contribution in [0.3, 0.4) is 0 Å². The molecule has 3 unspecified atom stereocenters. The van der Waals surface area contributed by atoms with Gasteiger partial charge in [0.05, 0.1) is 0 Å². The summed E-state index contributed by atoms with van der Waals surface area (Å²) in [5, 5.41) is 3.71. The van der Waals surface area contributed by atoms with Crippen LogP contribution in [0, 0.1) is 17.8 Å². The van der Waals surface area contributed by atoms with Gasteiger partial charge in [-0.25, -0.2) is 0 Å². The third-order valence-electron chi connectivity index (χ3n) is 5.16. The minimum atomic E-state index is 0.661. The Balaban J connectivity index is 1.61. The van der Waals surface area contributed by atoms with Crippen LogP contribution >= 0.6 is 0 Å². The predicted molar refractivity (Wildman–Crippen MR) is 78.8 cm³/mol. The molecule has 0 aromatic heterocycles. The van der Waals surface area contributed by atoms with E-state index in [2.05, 4.69) is 37.9 Å². The molecule has 1 N–H and O–H groups in total. The Hall–Kier alpha value is -0.0800. The van der Waals surface area contributed by atoms with Crippen molar-refractivity contribution < 1.29 is 0 Å². The molecule has 2 saturated carbocycles. The average Bonchev–Trinajstić information content (AvgIpc) is 2.89. The molecule has 18 heavy (non-hydrogen) atoms. The molecule has 2 aliphatic rings. The second-order valence-electron chi connectivity index (χ2n) is 7.06. The van der Waals surface area contributed by atoms with Crippen molar-refractivity contribution in [3.8, 4) is 0 Å². The molecular weight excluding hydrogens is 220 g/mol. The Morgan fingerprint density at radius 3 is 2.28 bits per heavy atom. The van der Waals surface area contributed by atoms with E-state index in [0.29, 0.717) is 12.1 Å². The lowest BCUT2D eigenvalue weighted by molar-refractivity contribution is 0.174. The van der Waals surface area contributed by atoms with E-state index in [9.17, 15) is 0 Å². The average molecular weight is 252 g/mol. The highest BCUT2D eigenvalue weighted by Gasteiger charge is 2.38. The number of nitrogens with zero attached hydrogens (tertiary/aromatic N) is 1. The van der Waals surface area contributed by atoms with E-state index in [-0.39, 0.29) is 0 Å². The molecule has 0 saturated heterocycles. The Morgan fingerprint density at radius 1 is 1.06 bits per heavy atom. The molecule has 0 aromatic rings. The van der Waals surface area contributed by atoms with E-state index in [1.54, 1.807) is 0 Å². The number of rotatable bonds is 7. The Labute approximate surface area is 114 Å². The molecule has 0 spiro atoms. The quantitative estimate of drug-likeness (QED) is 0.700. The lowest BCUT2D eigenvalue weighted by atomic mass is 9.89. The van der Waals surface area contributed by atoms with Crippen LogP contribution in [-0.2, 0) is 0 Å². The molecule has 106 valence electrons. The van der Waals surface area contributed by atoms with Crippen molar-refractivity contribution >= 4 is 0 Å². The second-order valence-corrected chi connectivity index (χ2v) is 7.06. The first kappa shape index (κ1) is 14.3. The molecule has 0 aromatic carbocycles. The molecule has 2 fully saturated rings. The fraction of sp³-hybridized carbons (Fsp3) is 1.00. The van der Waals surface area contributed by atoms with Gasteiger partial charge in [-0.3, -0.25) is 4.90 Å². The molecule has 2 nitrogen and oxygen atoms in total. The molecule has 0 radical (unpaired) electrons. The Bertz CT molecular complexity index is 241. The van der Waals surface area contributed by atoms with E-state index in [1.807, 2.05) is 0 Å². The first-order valence-corrected chi connectivity index (χ1v) is 8.04. The number of fused-ring (bicyclic) bond motifs is 2. The normalized spacial score (nSPS) is 31.2. The first-order chi connectivity index (χ1) is 8.58. The van der Waals surface area contributed by atoms with Crippen LogP contribution in [0.4, 0.5) is 0 Å². The summed E-state index contributed by atoms with van der Waals surface area (Å²) in [6.07, 6.45) is 6.09. The zero-order valence-corrected chi connectivity index (χ0v) is 12.8. The van der Waals surface area contributed by atoms with Gasteiger partial charge in [0.1, 0.15) is 0 Å². The highest BCUT2D eigenvalue weighted by Crippen LogP contribution is 2.47. The zero-order valence-electron chi connectivity index (χ0n) is 12.8. The van der Waals surface area contributed by atoms with Gasteiger partial charge in [-0.15, -0.1) is 0 Å². The van der Waals surface area contributed by atoms with Crippen LogP contribution in [-0.4, -0.2) is 36.6 Å². The van der Waals surface area contributed by atoms with Gasteiger partial charge < -0.3 is 5.32 Å². The van der Waals surface area contributed by atoms with Gasteiger partial charge in [-0.2, -0.15) is 0 Å². The van der Waals surface area contributed by atoms with Gasteiger partial charge in [0.25, 0.3) is 0 Å². The maximum atomic E-state index is 3.71. The van der Waals surface area contributed by atoms with E-state index in [4.69, 9.17) is 0 Å². The summed E-state index contributed by atoms with van der Waals surface area (Å²) in [7, 11) is 0. The summed E-state index contributed by atoms with van der Waals surface area (Å²) < 4.78 is 0. The van der Waals surface area contributed by atoms with E-state index < -0.39 is 0 Å². The first-order valence-electron chi connectivity index (χ1n) is 8.04. The predicted octanol–water partition coefficient (Wildman–Crippen LogP) is 3.13. The van der Waals surface area contributed by atoms with Crippen LogP contribution < -0.4 is 5.32 Å². The highest BCUT2D eigenvalue weighted by molar-refractivity contribution is 4.90. The molecular formula is C16H32N2. The summed E-state index contributed by atoms with van der Waals surface area (Å²) >= 11 is 0. The third-order valence-corrected chi connectivity index (χ3v) is 5.16. The van der Waals surface area contributed by atoms with Gasteiger partial charge in [-0.05, 0) is 71.3 Å². The molecule has 2 bridgehead atoms. The van der Waals surface area contributed by atoms with Crippen molar-refractivity contribution in [2.75, 3.05) is 19.6 Å². The Kier molecular flexibility index (Phi) is 5.08. The zero-order chi connectivity index (χ0) is 13.1. The molecule has 2 rings (SSSR count). The minimum Gasteiger partial charge on any atom is -0.315 e. The fourth-order valence-corrected chi connectivity index (χ4v) is 4.23. The van der Waals surface area contributed by atoms with E-state index in [1.165, 1.54) is 38.8 Å². The van der Waals surface area contributed by atoms with Crippen LogP contribution in [0.1, 0.15) is 53.4 Å². The van der Waals surface area contributed by atoms with Gasteiger partial charge in [-0.1, -0.05) is 6.42 Å². The summed E-state index contributed by atoms with van der Waals surface area (Å²) in [5.74, 6) is 3.15. The molecule has 0 heterocycles. The van der Waals surface area contributed by atoms with Crippen LogP contribution in [0.15, 0.2) is 0 Å². The maximum Gasteiger partial charge on any atom is 0.0112 e. The fourth-order valence-electron chi connectivity index (χ4n) is 4.23. The van der Waals surface area contributed by atoms with Gasteiger partial charge >= 0.3 is 0 Å².